The molecule has 0 radical (unpaired) electrons. The van der Waals surface area contributed by atoms with Crippen LogP contribution in [0.3, 0.4) is 0 Å². The van der Waals surface area contributed by atoms with Gasteiger partial charge in [0.05, 0.1) is 12.1 Å². The summed E-state index contributed by atoms with van der Waals surface area (Å²) >= 11 is 0. The number of amides is 1. The van der Waals surface area contributed by atoms with Crippen LogP contribution >= 0.6 is 0 Å². The molecule has 0 aliphatic carbocycles. The quantitative estimate of drug-likeness (QED) is 0.742. The molecule has 0 unspecified atom stereocenters. The summed E-state index contributed by atoms with van der Waals surface area (Å²) in [4.78, 5) is 25.6. The standard InChI is InChI=1S/C21H30N6O2/c1-24(2)18-5-9-25(15-18)12-13-27-16-21(29-20(27)28)6-10-26(11-7-21)19-17(14-22)4-3-8-23-19/h3-4,8,18H,5-7,9-13,15-16H2,1-2H3/t18-/m1/s1. The molecule has 1 spiro atoms. The van der Waals surface area contributed by atoms with Gasteiger partial charge in [0.15, 0.2) is 0 Å². The number of hydrogen-bond acceptors (Lipinski definition) is 7. The van der Waals surface area contributed by atoms with E-state index in [9.17, 15) is 10.1 Å². The van der Waals surface area contributed by atoms with Gasteiger partial charge < -0.3 is 19.4 Å². The molecule has 3 fully saturated rings. The molecule has 4 rings (SSSR count). The summed E-state index contributed by atoms with van der Waals surface area (Å²) in [5.41, 5.74) is 0.196. The Morgan fingerprint density at radius 2 is 2.10 bits per heavy atom. The van der Waals surface area contributed by atoms with E-state index in [4.69, 9.17) is 4.74 Å². The predicted octanol–water partition coefficient (Wildman–Crippen LogP) is 1.38. The number of aromatic nitrogens is 1. The lowest BCUT2D eigenvalue weighted by atomic mass is 9.91. The number of ether oxygens (including phenoxy) is 1. The number of piperidine rings is 1. The first-order valence-electron chi connectivity index (χ1n) is 10.5. The average molecular weight is 399 g/mol. The number of pyridine rings is 1. The van der Waals surface area contributed by atoms with E-state index in [2.05, 4.69) is 39.8 Å². The maximum atomic E-state index is 12.5. The van der Waals surface area contributed by atoms with Crippen molar-refractivity contribution in [1.82, 2.24) is 19.7 Å². The molecular weight excluding hydrogens is 368 g/mol. The molecule has 3 aliphatic heterocycles. The molecule has 0 saturated carbocycles. The highest BCUT2D eigenvalue weighted by Gasteiger charge is 2.47. The summed E-state index contributed by atoms with van der Waals surface area (Å²) in [5, 5.41) is 9.32. The lowest BCUT2D eigenvalue weighted by Crippen LogP contribution is -2.47. The topological polar surface area (TPSA) is 75.9 Å². The van der Waals surface area contributed by atoms with Crippen molar-refractivity contribution in [2.45, 2.75) is 30.9 Å². The van der Waals surface area contributed by atoms with E-state index >= 15 is 0 Å². The second kappa shape index (κ2) is 8.17. The van der Waals surface area contributed by atoms with Crippen molar-refractivity contribution in [2.75, 3.05) is 64.8 Å². The van der Waals surface area contributed by atoms with Crippen LogP contribution < -0.4 is 4.90 Å². The van der Waals surface area contributed by atoms with Crippen molar-refractivity contribution < 1.29 is 9.53 Å². The highest BCUT2D eigenvalue weighted by Crippen LogP contribution is 2.35. The van der Waals surface area contributed by atoms with Gasteiger partial charge in [-0.2, -0.15) is 5.26 Å². The highest BCUT2D eigenvalue weighted by molar-refractivity contribution is 5.71. The van der Waals surface area contributed by atoms with Gasteiger partial charge in [-0.3, -0.25) is 4.90 Å². The highest BCUT2D eigenvalue weighted by atomic mass is 16.6. The monoisotopic (exact) mass is 398 g/mol. The van der Waals surface area contributed by atoms with Gasteiger partial charge in [0, 0.05) is 57.8 Å². The van der Waals surface area contributed by atoms with Gasteiger partial charge in [0.1, 0.15) is 17.5 Å². The van der Waals surface area contributed by atoms with Gasteiger partial charge in [0.25, 0.3) is 0 Å². The number of carbonyl (C=O) groups is 1. The van der Waals surface area contributed by atoms with Gasteiger partial charge in [-0.25, -0.2) is 9.78 Å². The Balaban J connectivity index is 1.30. The molecule has 3 saturated heterocycles. The number of hydrogen-bond donors (Lipinski definition) is 0. The summed E-state index contributed by atoms with van der Waals surface area (Å²) in [7, 11) is 4.26. The van der Waals surface area contributed by atoms with E-state index < -0.39 is 5.60 Å². The van der Waals surface area contributed by atoms with Gasteiger partial charge in [0.2, 0.25) is 0 Å². The van der Waals surface area contributed by atoms with Crippen LogP contribution in [0, 0.1) is 11.3 Å². The van der Waals surface area contributed by atoms with E-state index in [-0.39, 0.29) is 6.09 Å². The van der Waals surface area contributed by atoms with Crippen molar-refractivity contribution in [2.24, 2.45) is 0 Å². The number of anilines is 1. The minimum absolute atomic E-state index is 0.183. The SMILES string of the molecule is CN(C)[C@@H]1CCN(CCN2CC3(CCN(c4ncccc4C#N)CC3)OC2=O)C1. The van der Waals surface area contributed by atoms with E-state index in [0.29, 0.717) is 18.2 Å². The van der Waals surface area contributed by atoms with Gasteiger partial charge in [-0.15, -0.1) is 0 Å². The number of likely N-dealkylation sites (tertiary alicyclic amines) is 1. The van der Waals surface area contributed by atoms with Crippen molar-refractivity contribution in [3.63, 3.8) is 0 Å². The summed E-state index contributed by atoms with van der Waals surface area (Å²) < 4.78 is 5.87. The van der Waals surface area contributed by atoms with Gasteiger partial charge >= 0.3 is 6.09 Å². The number of nitriles is 1. The summed E-state index contributed by atoms with van der Waals surface area (Å²) in [6, 6.07) is 6.41. The Labute approximate surface area is 172 Å². The normalized spacial score (nSPS) is 24.3. The molecule has 8 heteroatoms. The zero-order valence-electron chi connectivity index (χ0n) is 17.4. The van der Waals surface area contributed by atoms with Crippen LogP contribution in [0.1, 0.15) is 24.8 Å². The largest absolute Gasteiger partial charge is 0.441 e. The molecule has 3 aliphatic rings. The molecular formula is C21H30N6O2. The van der Waals surface area contributed by atoms with Crippen LogP contribution in [-0.2, 0) is 4.74 Å². The van der Waals surface area contributed by atoms with Crippen LogP contribution in [0.4, 0.5) is 10.6 Å². The summed E-state index contributed by atoms with van der Waals surface area (Å²) in [5.74, 6) is 0.732. The lowest BCUT2D eigenvalue weighted by Gasteiger charge is -2.38. The third-order valence-corrected chi connectivity index (χ3v) is 6.59. The Bertz CT molecular complexity index is 784. The Hall–Kier alpha value is -2.37. The minimum Gasteiger partial charge on any atom is -0.441 e. The number of nitrogens with zero attached hydrogens (tertiary/aromatic N) is 6. The Morgan fingerprint density at radius 3 is 2.79 bits per heavy atom. The number of likely N-dealkylation sites (N-methyl/N-ethyl adjacent to an activating group) is 1. The fraction of sp³-hybridized carbons (Fsp3) is 0.667. The second-order valence-electron chi connectivity index (χ2n) is 8.65. The molecule has 1 amide bonds. The van der Waals surface area contributed by atoms with Crippen molar-refractivity contribution in [3.05, 3.63) is 23.9 Å². The summed E-state index contributed by atoms with van der Waals surface area (Å²) in [6.07, 6.45) is 4.26. The van der Waals surface area contributed by atoms with Crippen LogP contribution in [-0.4, -0.2) is 97.3 Å². The predicted molar refractivity (Wildman–Crippen MR) is 110 cm³/mol. The zero-order chi connectivity index (χ0) is 20.4. The summed E-state index contributed by atoms with van der Waals surface area (Å²) in [6.45, 7) is 5.94. The fourth-order valence-corrected chi connectivity index (χ4v) is 4.69. The number of carbonyl (C=O) groups excluding carboxylic acids is 1. The minimum atomic E-state index is -0.396. The average Bonchev–Trinajstić information content (AvgIpc) is 3.32. The molecule has 1 aromatic rings. The maximum absolute atomic E-state index is 12.5. The molecule has 29 heavy (non-hydrogen) atoms. The van der Waals surface area contributed by atoms with E-state index in [1.165, 1.54) is 6.42 Å². The molecule has 0 N–H and O–H groups in total. The Kier molecular flexibility index (Phi) is 5.61. The Morgan fingerprint density at radius 1 is 1.31 bits per heavy atom. The van der Waals surface area contributed by atoms with Gasteiger partial charge in [-0.1, -0.05) is 0 Å². The first-order chi connectivity index (χ1) is 14.0. The first kappa shape index (κ1) is 19.9. The van der Waals surface area contributed by atoms with Crippen molar-refractivity contribution in [1.29, 1.82) is 5.26 Å². The lowest BCUT2D eigenvalue weighted by molar-refractivity contribution is 0.0365. The van der Waals surface area contributed by atoms with E-state index in [1.54, 1.807) is 18.3 Å². The molecule has 1 atom stereocenters. The third kappa shape index (κ3) is 4.16. The molecule has 156 valence electrons. The van der Waals surface area contributed by atoms with E-state index in [1.807, 2.05) is 4.90 Å². The second-order valence-corrected chi connectivity index (χ2v) is 8.65. The fourth-order valence-electron chi connectivity index (χ4n) is 4.69. The van der Waals surface area contributed by atoms with Crippen molar-refractivity contribution >= 4 is 11.9 Å². The smallest absolute Gasteiger partial charge is 0.410 e. The maximum Gasteiger partial charge on any atom is 0.410 e. The van der Waals surface area contributed by atoms with Crippen LogP contribution in [0.5, 0.6) is 0 Å². The van der Waals surface area contributed by atoms with Crippen molar-refractivity contribution in [3.8, 4) is 6.07 Å². The third-order valence-electron chi connectivity index (χ3n) is 6.59. The van der Waals surface area contributed by atoms with Gasteiger partial charge in [-0.05, 0) is 39.2 Å². The molecule has 0 aromatic carbocycles. The van der Waals surface area contributed by atoms with Crippen LogP contribution in [0.2, 0.25) is 0 Å². The molecule has 1 aromatic heterocycles. The molecule has 8 nitrogen and oxygen atoms in total. The van der Waals surface area contributed by atoms with Crippen LogP contribution in [0.15, 0.2) is 18.3 Å². The first-order valence-corrected chi connectivity index (χ1v) is 10.5. The zero-order valence-corrected chi connectivity index (χ0v) is 17.4. The number of rotatable bonds is 5. The van der Waals surface area contributed by atoms with Crippen LogP contribution in [0.25, 0.3) is 0 Å². The molecule has 4 heterocycles. The molecule has 0 bridgehead atoms. The van der Waals surface area contributed by atoms with E-state index in [0.717, 1.165) is 57.9 Å².